The Bertz CT molecular complexity index is 406. The molecule has 0 spiro atoms. The molecular formula is C13H21N4O2-. The molecule has 6 heteroatoms. The van der Waals surface area contributed by atoms with Crippen LogP contribution in [0.3, 0.4) is 0 Å². The second-order valence-electron chi connectivity index (χ2n) is 4.74. The summed E-state index contributed by atoms with van der Waals surface area (Å²) in [6, 6.07) is 5.31. The normalized spacial score (nSPS) is 15.4. The van der Waals surface area contributed by atoms with Crippen molar-refractivity contribution in [1.82, 2.24) is 0 Å². The highest BCUT2D eigenvalue weighted by atomic mass is 16.8. The molecule has 0 bridgehead atoms. The summed E-state index contributed by atoms with van der Waals surface area (Å²) in [6.45, 7) is 3.07. The van der Waals surface area contributed by atoms with Crippen LogP contribution in [-0.2, 0) is 0 Å². The molecule has 0 saturated carbocycles. The second-order valence-corrected chi connectivity index (χ2v) is 4.74. The first-order chi connectivity index (χ1) is 9.22. The number of hydrogen-bond donors (Lipinski definition) is 3. The Morgan fingerprint density at radius 1 is 1.32 bits per heavy atom. The summed E-state index contributed by atoms with van der Waals surface area (Å²) in [5.41, 5.74) is 7.45. The minimum Gasteiger partial charge on any atom is -0.733 e. The van der Waals surface area contributed by atoms with Crippen LogP contribution < -0.4 is 21.2 Å². The summed E-state index contributed by atoms with van der Waals surface area (Å²) in [5.74, 6) is 0. The molecule has 19 heavy (non-hydrogen) atoms. The lowest BCUT2D eigenvalue weighted by molar-refractivity contribution is 0.296. The van der Waals surface area contributed by atoms with E-state index in [1.54, 1.807) is 12.1 Å². The van der Waals surface area contributed by atoms with Crippen molar-refractivity contribution >= 4 is 17.1 Å². The van der Waals surface area contributed by atoms with Crippen molar-refractivity contribution < 1.29 is 5.21 Å². The predicted octanol–water partition coefficient (Wildman–Crippen LogP) is 1.74. The molecule has 0 atom stereocenters. The summed E-state index contributed by atoms with van der Waals surface area (Å²) in [5, 5.41) is 23.6. The summed E-state index contributed by atoms with van der Waals surface area (Å²) in [6.07, 6.45) is 3.45. The van der Waals surface area contributed by atoms with Crippen LogP contribution in [0.1, 0.15) is 19.3 Å². The number of piperidine rings is 1. The molecule has 1 aliphatic rings. The SMILES string of the molecule is NCCNc1ccc(N([O-])O)c(N2CCCCC2)c1. The van der Waals surface area contributed by atoms with Gasteiger partial charge in [-0.25, -0.2) is 0 Å². The zero-order valence-electron chi connectivity index (χ0n) is 11.0. The molecule has 1 fully saturated rings. The minimum atomic E-state index is -0.0589. The maximum absolute atomic E-state index is 11.2. The highest BCUT2D eigenvalue weighted by Crippen LogP contribution is 2.33. The Kier molecular flexibility index (Phi) is 4.84. The molecule has 6 nitrogen and oxygen atoms in total. The Labute approximate surface area is 113 Å². The van der Waals surface area contributed by atoms with Crippen molar-refractivity contribution in [3.63, 3.8) is 0 Å². The second kappa shape index (κ2) is 6.60. The number of hydrogen-bond acceptors (Lipinski definition) is 6. The predicted molar refractivity (Wildman–Crippen MR) is 77.7 cm³/mol. The van der Waals surface area contributed by atoms with Crippen molar-refractivity contribution in [2.45, 2.75) is 19.3 Å². The molecule has 106 valence electrons. The first-order valence-electron chi connectivity index (χ1n) is 6.71. The molecule has 1 saturated heterocycles. The molecule has 0 radical (unpaired) electrons. The van der Waals surface area contributed by atoms with Crippen molar-refractivity contribution in [2.24, 2.45) is 5.73 Å². The van der Waals surface area contributed by atoms with E-state index in [1.165, 1.54) is 6.42 Å². The summed E-state index contributed by atoms with van der Waals surface area (Å²) in [4.78, 5) is 2.15. The first-order valence-corrected chi connectivity index (χ1v) is 6.71. The maximum atomic E-state index is 11.2. The summed E-state index contributed by atoms with van der Waals surface area (Å²) >= 11 is 0. The number of nitrogens with two attached hydrogens (primary N) is 1. The van der Waals surface area contributed by atoms with Crippen LogP contribution in [0.5, 0.6) is 0 Å². The lowest BCUT2D eigenvalue weighted by atomic mass is 10.1. The molecule has 4 N–H and O–H groups in total. The van der Waals surface area contributed by atoms with Gasteiger partial charge in [0.05, 0.1) is 11.4 Å². The third-order valence-corrected chi connectivity index (χ3v) is 3.35. The molecule has 0 aromatic heterocycles. The third kappa shape index (κ3) is 3.50. The lowest BCUT2D eigenvalue weighted by Gasteiger charge is -2.34. The van der Waals surface area contributed by atoms with E-state index in [2.05, 4.69) is 10.2 Å². The van der Waals surface area contributed by atoms with Gasteiger partial charge >= 0.3 is 0 Å². The molecular weight excluding hydrogens is 244 g/mol. The summed E-state index contributed by atoms with van der Waals surface area (Å²) in [7, 11) is 0. The average molecular weight is 265 g/mol. The van der Waals surface area contributed by atoms with Crippen LogP contribution in [0.2, 0.25) is 0 Å². The van der Waals surface area contributed by atoms with E-state index in [4.69, 9.17) is 5.73 Å². The van der Waals surface area contributed by atoms with Crippen LogP contribution >= 0.6 is 0 Å². The molecule has 1 heterocycles. The zero-order chi connectivity index (χ0) is 13.7. The minimum absolute atomic E-state index is 0.0589. The van der Waals surface area contributed by atoms with E-state index in [1.807, 2.05) is 6.07 Å². The molecule has 0 aliphatic carbocycles. The molecule has 1 aromatic rings. The number of nitrogens with zero attached hydrogens (tertiary/aromatic N) is 2. The fourth-order valence-electron chi connectivity index (χ4n) is 2.40. The van der Waals surface area contributed by atoms with Gasteiger partial charge in [0.1, 0.15) is 0 Å². The molecule has 2 rings (SSSR count). The Balaban J connectivity index is 2.24. The van der Waals surface area contributed by atoms with Crippen molar-refractivity contribution in [2.75, 3.05) is 41.6 Å². The van der Waals surface area contributed by atoms with Crippen LogP contribution in [0.15, 0.2) is 18.2 Å². The third-order valence-electron chi connectivity index (χ3n) is 3.35. The quantitative estimate of drug-likeness (QED) is 0.703. The molecule has 0 amide bonds. The summed E-state index contributed by atoms with van der Waals surface area (Å²) < 4.78 is 0. The average Bonchev–Trinajstić information content (AvgIpc) is 2.45. The van der Waals surface area contributed by atoms with E-state index in [0.29, 0.717) is 18.8 Å². The Hall–Kier alpha value is -1.50. The lowest BCUT2D eigenvalue weighted by Crippen LogP contribution is -2.30. The highest BCUT2D eigenvalue weighted by Gasteiger charge is 2.15. The number of rotatable bonds is 5. The van der Waals surface area contributed by atoms with Crippen LogP contribution in [-0.4, -0.2) is 31.4 Å². The van der Waals surface area contributed by atoms with E-state index in [-0.39, 0.29) is 5.23 Å². The first kappa shape index (κ1) is 13.9. The zero-order valence-corrected chi connectivity index (χ0v) is 11.0. The number of nitrogens with one attached hydrogen (secondary N) is 1. The monoisotopic (exact) mass is 265 g/mol. The van der Waals surface area contributed by atoms with Gasteiger partial charge in [-0.05, 0) is 37.5 Å². The fourth-order valence-corrected chi connectivity index (χ4v) is 2.40. The van der Waals surface area contributed by atoms with Gasteiger partial charge in [0, 0.05) is 31.9 Å². The standard InChI is InChI=1S/C13H21N4O2/c14-6-7-15-11-4-5-12(17(18)19)13(10-11)16-8-2-1-3-9-16/h4-5,10,15,18H,1-3,6-9,14H2/q-1. The van der Waals surface area contributed by atoms with Crippen LogP contribution in [0.25, 0.3) is 0 Å². The molecule has 0 unspecified atom stereocenters. The van der Waals surface area contributed by atoms with Gasteiger partial charge in [-0.3, -0.25) is 5.21 Å². The molecule has 1 aliphatic heterocycles. The van der Waals surface area contributed by atoms with Gasteiger partial charge in [-0.1, -0.05) is 0 Å². The van der Waals surface area contributed by atoms with Crippen LogP contribution in [0, 0.1) is 5.21 Å². The molecule has 1 aromatic carbocycles. The smallest absolute Gasteiger partial charge is 0.0744 e. The van der Waals surface area contributed by atoms with E-state index < -0.39 is 0 Å². The van der Waals surface area contributed by atoms with Crippen molar-refractivity contribution in [3.8, 4) is 0 Å². The number of benzene rings is 1. The van der Waals surface area contributed by atoms with Crippen LogP contribution in [0.4, 0.5) is 17.1 Å². The van der Waals surface area contributed by atoms with E-state index in [0.717, 1.165) is 37.3 Å². The van der Waals surface area contributed by atoms with Crippen molar-refractivity contribution in [3.05, 3.63) is 23.4 Å². The van der Waals surface area contributed by atoms with E-state index >= 15 is 0 Å². The Morgan fingerprint density at radius 2 is 2.05 bits per heavy atom. The Morgan fingerprint density at radius 3 is 2.68 bits per heavy atom. The maximum Gasteiger partial charge on any atom is 0.0744 e. The fraction of sp³-hybridized carbons (Fsp3) is 0.538. The highest BCUT2D eigenvalue weighted by molar-refractivity contribution is 5.75. The number of anilines is 3. The topological polar surface area (TPSA) is 87.8 Å². The van der Waals surface area contributed by atoms with Gasteiger partial charge in [-0.2, -0.15) is 0 Å². The van der Waals surface area contributed by atoms with Gasteiger partial charge in [0.2, 0.25) is 0 Å². The van der Waals surface area contributed by atoms with Gasteiger partial charge in [0.25, 0.3) is 0 Å². The van der Waals surface area contributed by atoms with Gasteiger partial charge in [-0.15, -0.1) is 0 Å². The van der Waals surface area contributed by atoms with Gasteiger partial charge in [0.15, 0.2) is 0 Å². The largest absolute Gasteiger partial charge is 0.733 e. The van der Waals surface area contributed by atoms with Gasteiger partial charge < -0.3 is 26.4 Å². The van der Waals surface area contributed by atoms with Crippen molar-refractivity contribution in [1.29, 1.82) is 0 Å². The van der Waals surface area contributed by atoms with E-state index in [9.17, 15) is 10.4 Å².